The monoisotopic (exact) mass is 407 g/mol. The quantitative estimate of drug-likeness (QED) is 0.678. The van der Waals surface area contributed by atoms with E-state index in [9.17, 15) is 18.0 Å². The van der Waals surface area contributed by atoms with E-state index in [1.165, 1.54) is 41.7 Å². The molecular weight excluding hydrogens is 386 g/mol. The lowest BCUT2D eigenvalue weighted by Crippen LogP contribution is -2.28. The van der Waals surface area contributed by atoms with Gasteiger partial charge in [0.25, 0.3) is 0 Å². The topological polar surface area (TPSA) is 103 Å². The lowest BCUT2D eigenvalue weighted by Gasteiger charge is -2.15. The van der Waals surface area contributed by atoms with Crippen molar-refractivity contribution in [3.05, 3.63) is 53.0 Å². The summed E-state index contributed by atoms with van der Waals surface area (Å²) >= 11 is 0. The van der Waals surface area contributed by atoms with Crippen LogP contribution in [0.4, 0.5) is 0 Å². The average molecular weight is 407 g/mol. The highest BCUT2D eigenvalue weighted by atomic mass is 32.2. The second-order valence-electron chi connectivity index (χ2n) is 6.39. The predicted octanol–water partition coefficient (Wildman–Crippen LogP) is 2.52. The number of nitrogens with zero attached hydrogens (tertiary/aromatic N) is 1. The van der Waals surface area contributed by atoms with E-state index in [1.807, 2.05) is 0 Å². The standard InChI is InChI=1S/C19H21NO7S/c1-13-17(19(22)25-2)11-15(27-13)12-26-18(21)14-6-5-7-16(10-14)28(23,24)20-8-3-4-9-20/h5-7,10-11H,3-4,8-9,12H2,1-2H3. The molecule has 0 N–H and O–H groups in total. The first-order chi connectivity index (χ1) is 13.3. The van der Waals surface area contributed by atoms with Gasteiger partial charge in [0, 0.05) is 13.1 Å². The molecule has 9 heteroatoms. The molecular formula is C19H21NO7S. The van der Waals surface area contributed by atoms with Crippen molar-refractivity contribution in [2.75, 3.05) is 20.2 Å². The van der Waals surface area contributed by atoms with Crippen LogP contribution in [0.25, 0.3) is 0 Å². The number of rotatable bonds is 6. The third kappa shape index (κ3) is 4.10. The molecule has 0 aliphatic carbocycles. The van der Waals surface area contributed by atoms with Crippen LogP contribution in [0, 0.1) is 6.92 Å². The molecule has 8 nitrogen and oxygen atoms in total. The van der Waals surface area contributed by atoms with E-state index in [2.05, 4.69) is 4.74 Å². The van der Waals surface area contributed by atoms with Crippen LogP contribution >= 0.6 is 0 Å². The number of methoxy groups -OCH3 is 1. The van der Waals surface area contributed by atoms with Gasteiger partial charge in [0.15, 0.2) is 0 Å². The van der Waals surface area contributed by atoms with Gasteiger partial charge in [-0.1, -0.05) is 6.07 Å². The number of carbonyl (C=O) groups is 2. The first-order valence-electron chi connectivity index (χ1n) is 8.78. The zero-order chi connectivity index (χ0) is 20.3. The third-order valence-electron chi connectivity index (χ3n) is 4.49. The summed E-state index contributed by atoms with van der Waals surface area (Å²) in [6.07, 6.45) is 1.66. The number of hydrogen-bond donors (Lipinski definition) is 0. The lowest BCUT2D eigenvalue weighted by atomic mass is 10.2. The second-order valence-corrected chi connectivity index (χ2v) is 8.33. The molecule has 150 valence electrons. The van der Waals surface area contributed by atoms with Crippen LogP contribution < -0.4 is 0 Å². The molecule has 1 aliphatic rings. The second kappa shape index (κ2) is 8.15. The van der Waals surface area contributed by atoms with Gasteiger partial charge in [0.2, 0.25) is 10.0 Å². The zero-order valence-electron chi connectivity index (χ0n) is 15.6. The molecule has 2 heterocycles. The Morgan fingerprint density at radius 1 is 1.14 bits per heavy atom. The SMILES string of the molecule is COC(=O)c1cc(COC(=O)c2cccc(S(=O)(=O)N3CCCC3)c2)oc1C. The number of carbonyl (C=O) groups excluding carboxylic acids is 2. The summed E-state index contributed by atoms with van der Waals surface area (Å²) in [5.41, 5.74) is 0.379. The number of sulfonamides is 1. The Kier molecular flexibility index (Phi) is 5.85. The smallest absolute Gasteiger partial charge is 0.341 e. The highest BCUT2D eigenvalue weighted by Crippen LogP contribution is 2.22. The molecule has 0 saturated carbocycles. The molecule has 1 aromatic heterocycles. The van der Waals surface area contributed by atoms with Crippen LogP contribution in [0.3, 0.4) is 0 Å². The maximum absolute atomic E-state index is 12.6. The first kappa shape index (κ1) is 20.1. The maximum atomic E-state index is 12.6. The fourth-order valence-electron chi connectivity index (χ4n) is 3.01. The molecule has 1 saturated heterocycles. The van der Waals surface area contributed by atoms with E-state index in [0.717, 1.165) is 12.8 Å². The van der Waals surface area contributed by atoms with Crippen molar-refractivity contribution in [3.8, 4) is 0 Å². The Morgan fingerprint density at radius 2 is 1.86 bits per heavy atom. The largest absolute Gasteiger partial charge is 0.465 e. The van der Waals surface area contributed by atoms with Crippen LogP contribution in [-0.4, -0.2) is 44.9 Å². The van der Waals surface area contributed by atoms with Gasteiger partial charge in [-0.3, -0.25) is 0 Å². The number of benzene rings is 1. The minimum Gasteiger partial charge on any atom is -0.465 e. The van der Waals surface area contributed by atoms with Crippen molar-refractivity contribution in [3.63, 3.8) is 0 Å². The highest BCUT2D eigenvalue weighted by molar-refractivity contribution is 7.89. The molecule has 1 aromatic carbocycles. The van der Waals surface area contributed by atoms with Crippen LogP contribution in [0.2, 0.25) is 0 Å². The van der Waals surface area contributed by atoms with Crippen molar-refractivity contribution in [1.29, 1.82) is 0 Å². The number of ether oxygens (including phenoxy) is 2. The molecule has 28 heavy (non-hydrogen) atoms. The number of furan rings is 1. The summed E-state index contributed by atoms with van der Waals surface area (Å²) < 4.78 is 41.9. The predicted molar refractivity (Wildman–Crippen MR) is 98.3 cm³/mol. The van der Waals surface area contributed by atoms with Crippen molar-refractivity contribution in [1.82, 2.24) is 4.31 Å². The van der Waals surface area contributed by atoms with Gasteiger partial charge in [-0.25, -0.2) is 18.0 Å². The Hall–Kier alpha value is -2.65. The highest BCUT2D eigenvalue weighted by Gasteiger charge is 2.27. The molecule has 1 fully saturated rings. The molecule has 0 amide bonds. The number of hydrogen-bond acceptors (Lipinski definition) is 7. The van der Waals surface area contributed by atoms with Crippen molar-refractivity contribution in [2.45, 2.75) is 31.3 Å². The van der Waals surface area contributed by atoms with Crippen LogP contribution in [-0.2, 0) is 26.1 Å². The van der Waals surface area contributed by atoms with Gasteiger partial charge in [-0.15, -0.1) is 0 Å². The lowest BCUT2D eigenvalue weighted by molar-refractivity contribution is 0.0443. The molecule has 3 rings (SSSR count). The van der Waals surface area contributed by atoms with Gasteiger partial charge < -0.3 is 13.9 Å². The van der Waals surface area contributed by atoms with E-state index >= 15 is 0 Å². The Labute approximate surface area is 163 Å². The molecule has 2 aromatic rings. The molecule has 0 bridgehead atoms. The van der Waals surface area contributed by atoms with Crippen LogP contribution in [0.15, 0.2) is 39.6 Å². The number of esters is 2. The van der Waals surface area contributed by atoms with E-state index in [-0.39, 0.29) is 28.4 Å². The summed E-state index contributed by atoms with van der Waals surface area (Å²) in [5, 5.41) is 0. The van der Waals surface area contributed by atoms with Gasteiger partial charge in [-0.2, -0.15) is 4.31 Å². The van der Waals surface area contributed by atoms with E-state index in [1.54, 1.807) is 6.92 Å². The van der Waals surface area contributed by atoms with Gasteiger partial charge in [0.1, 0.15) is 23.7 Å². The van der Waals surface area contributed by atoms with Crippen molar-refractivity contribution in [2.24, 2.45) is 0 Å². The molecule has 0 unspecified atom stereocenters. The fraction of sp³-hybridized carbons (Fsp3) is 0.368. The Balaban J connectivity index is 1.71. The fourth-order valence-corrected chi connectivity index (χ4v) is 4.57. The normalized spacial score (nSPS) is 14.8. The van der Waals surface area contributed by atoms with E-state index in [4.69, 9.17) is 9.15 Å². The molecule has 0 atom stereocenters. The molecule has 0 radical (unpaired) electrons. The minimum atomic E-state index is -3.62. The summed E-state index contributed by atoms with van der Waals surface area (Å²) in [6.45, 7) is 2.37. The summed E-state index contributed by atoms with van der Waals surface area (Å²) in [5.74, 6) is -0.588. The van der Waals surface area contributed by atoms with Crippen molar-refractivity contribution < 1.29 is 31.9 Å². The maximum Gasteiger partial charge on any atom is 0.341 e. The summed E-state index contributed by atoms with van der Waals surface area (Å²) in [6, 6.07) is 7.21. The minimum absolute atomic E-state index is 0.0608. The summed E-state index contributed by atoms with van der Waals surface area (Å²) in [7, 11) is -2.36. The zero-order valence-corrected chi connectivity index (χ0v) is 16.5. The van der Waals surface area contributed by atoms with Gasteiger partial charge in [-0.05, 0) is 44.0 Å². The van der Waals surface area contributed by atoms with E-state index < -0.39 is 22.0 Å². The van der Waals surface area contributed by atoms with Crippen molar-refractivity contribution >= 4 is 22.0 Å². The molecule has 1 aliphatic heterocycles. The Morgan fingerprint density at radius 3 is 2.54 bits per heavy atom. The summed E-state index contributed by atoms with van der Waals surface area (Å²) in [4.78, 5) is 24.0. The van der Waals surface area contributed by atoms with E-state index in [0.29, 0.717) is 18.8 Å². The van der Waals surface area contributed by atoms with Crippen LogP contribution in [0.1, 0.15) is 45.1 Å². The van der Waals surface area contributed by atoms with Crippen LogP contribution in [0.5, 0.6) is 0 Å². The molecule has 0 spiro atoms. The first-order valence-corrected chi connectivity index (χ1v) is 10.2. The van der Waals surface area contributed by atoms with Gasteiger partial charge in [0.05, 0.1) is 17.6 Å². The third-order valence-corrected chi connectivity index (χ3v) is 6.39. The Bertz CT molecular complexity index is 987. The van der Waals surface area contributed by atoms with Gasteiger partial charge >= 0.3 is 11.9 Å². The number of aryl methyl sites for hydroxylation is 1. The average Bonchev–Trinajstić information content (AvgIpc) is 3.36.